The molecule has 2 aromatic carbocycles. The number of hydrogen-bond donors (Lipinski definition) is 1. The Bertz CT molecular complexity index is 950. The highest BCUT2D eigenvalue weighted by Gasteiger charge is 2.27. The van der Waals surface area contributed by atoms with E-state index >= 15 is 0 Å². The van der Waals surface area contributed by atoms with Crippen molar-refractivity contribution in [3.05, 3.63) is 54.1 Å². The van der Waals surface area contributed by atoms with Crippen LogP contribution in [0.25, 0.3) is 11.4 Å². The van der Waals surface area contributed by atoms with Crippen LogP contribution in [0.5, 0.6) is 11.5 Å². The molecule has 3 aromatic rings. The summed E-state index contributed by atoms with van der Waals surface area (Å²) in [7, 11) is 1.63. The second-order valence-electron chi connectivity index (χ2n) is 5.61. The molecule has 0 radical (unpaired) electrons. The van der Waals surface area contributed by atoms with Gasteiger partial charge < -0.3 is 9.84 Å². The summed E-state index contributed by atoms with van der Waals surface area (Å²) < 4.78 is 6.93. The summed E-state index contributed by atoms with van der Waals surface area (Å²) in [6, 6.07) is 14.8. The summed E-state index contributed by atoms with van der Waals surface area (Å²) >= 11 is 1.57. The number of phenols is 1. The van der Waals surface area contributed by atoms with Gasteiger partial charge in [0.2, 0.25) is 5.16 Å². The van der Waals surface area contributed by atoms with E-state index in [1.165, 1.54) is 0 Å². The van der Waals surface area contributed by atoms with E-state index in [1.807, 2.05) is 43.3 Å². The van der Waals surface area contributed by atoms with Gasteiger partial charge in [0.1, 0.15) is 11.5 Å². The van der Waals surface area contributed by atoms with E-state index in [-0.39, 0.29) is 11.0 Å². The van der Waals surface area contributed by atoms with E-state index in [4.69, 9.17) is 9.84 Å². The molecule has 0 unspecified atom stereocenters. The number of methoxy groups -OCH3 is 1. The Balaban J connectivity index is 1.81. The van der Waals surface area contributed by atoms with E-state index in [1.54, 1.807) is 35.7 Å². The van der Waals surface area contributed by atoms with Crippen molar-refractivity contribution in [3.63, 3.8) is 0 Å². The van der Waals surface area contributed by atoms with Crippen LogP contribution in [0.4, 0.5) is 0 Å². The van der Waals surface area contributed by atoms with Crippen molar-refractivity contribution in [2.24, 2.45) is 5.10 Å². The summed E-state index contributed by atoms with van der Waals surface area (Å²) in [4.78, 5) is 0. The maximum Gasteiger partial charge on any atom is 0.213 e. The number of phenolic OH excluding ortho intramolecular Hbond substituents is 1. The van der Waals surface area contributed by atoms with Crippen molar-refractivity contribution in [1.82, 2.24) is 14.9 Å². The van der Waals surface area contributed by atoms with Gasteiger partial charge in [0.25, 0.3) is 0 Å². The van der Waals surface area contributed by atoms with Crippen LogP contribution in [0.1, 0.15) is 12.5 Å². The Morgan fingerprint density at radius 3 is 2.56 bits per heavy atom. The van der Waals surface area contributed by atoms with Gasteiger partial charge in [-0.15, -0.1) is 10.2 Å². The molecule has 0 aliphatic carbocycles. The molecule has 1 aliphatic heterocycles. The first-order chi connectivity index (χ1) is 12.2. The van der Waals surface area contributed by atoms with E-state index in [9.17, 15) is 5.11 Å². The first-order valence-electron chi connectivity index (χ1n) is 7.81. The third kappa shape index (κ3) is 2.76. The standard InChI is InChI=1S/C18H16N4O2S/c1-11-16(14-5-3-4-6-15(14)23)21-22-17(19-20-18(22)25-11)12-7-9-13(24-2)10-8-12/h3-11,23H,1-2H3/t11-/m0/s1. The quantitative estimate of drug-likeness (QED) is 0.782. The van der Waals surface area contributed by atoms with Crippen molar-refractivity contribution in [3.8, 4) is 22.9 Å². The molecule has 0 saturated carbocycles. The van der Waals surface area contributed by atoms with Gasteiger partial charge in [-0.25, -0.2) is 0 Å². The van der Waals surface area contributed by atoms with Gasteiger partial charge in [0.15, 0.2) is 5.82 Å². The predicted molar refractivity (Wildman–Crippen MR) is 97.4 cm³/mol. The van der Waals surface area contributed by atoms with E-state index in [0.29, 0.717) is 5.82 Å². The van der Waals surface area contributed by atoms with Crippen LogP contribution >= 0.6 is 11.8 Å². The van der Waals surface area contributed by atoms with E-state index in [0.717, 1.165) is 27.7 Å². The minimum atomic E-state index is 0.0636. The molecule has 1 atom stereocenters. The van der Waals surface area contributed by atoms with Gasteiger partial charge in [0.05, 0.1) is 18.1 Å². The van der Waals surface area contributed by atoms with Crippen molar-refractivity contribution in [2.75, 3.05) is 7.11 Å². The number of aromatic hydroxyl groups is 1. The molecule has 0 bridgehead atoms. The molecule has 1 aliphatic rings. The number of para-hydroxylation sites is 1. The van der Waals surface area contributed by atoms with Crippen LogP contribution in [0.2, 0.25) is 0 Å². The summed E-state index contributed by atoms with van der Waals surface area (Å²) in [6.45, 7) is 2.04. The van der Waals surface area contributed by atoms with Gasteiger partial charge in [-0.3, -0.25) is 0 Å². The Kier molecular flexibility index (Phi) is 3.93. The third-order valence-electron chi connectivity index (χ3n) is 4.02. The Morgan fingerprint density at radius 2 is 1.84 bits per heavy atom. The maximum absolute atomic E-state index is 10.2. The number of nitrogens with zero attached hydrogens (tertiary/aromatic N) is 4. The molecule has 25 heavy (non-hydrogen) atoms. The lowest BCUT2D eigenvalue weighted by atomic mass is 10.1. The molecule has 0 spiro atoms. The zero-order valence-electron chi connectivity index (χ0n) is 13.7. The molecular weight excluding hydrogens is 336 g/mol. The number of aromatic nitrogens is 3. The van der Waals surface area contributed by atoms with Gasteiger partial charge in [-0.05, 0) is 43.3 Å². The molecule has 0 saturated heterocycles. The summed E-state index contributed by atoms with van der Waals surface area (Å²) in [5.74, 6) is 1.66. The minimum absolute atomic E-state index is 0.0636. The highest BCUT2D eigenvalue weighted by atomic mass is 32.2. The first kappa shape index (κ1) is 15.7. The maximum atomic E-state index is 10.2. The highest BCUT2D eigenvalue weighted by Crippen LogP contribution is 2.34. The summed E-state index contributed by atoms with van der Waals surface area (Å²) in [5, 5.41) is 24.3. The van der Waals surface area contributed by atoms with Crippen LogP contribution in [-0.4, -0.2) is 38.1 Å². The van der Waals surface area contributed by atoms with Crippen molar-refractivity contribution in [2.45, 2.75) is 17.3 Å². The second-order valence-corrected chi connectivity index (χ2v) is 6.92. The number of ether oxygens (including phenoxy) is 1. The molecule has 0 fully saturated rings. The largest absolute Gasteiger partial charge is 0.507 e. The van der Waals surface area contributed by atoms with Crippen LogP contribution in [0.15, 0.2) is 58.8 Å². The zero-order valence-corrected chi connectivity index (χ0v) is 14.6. The molecule has 6 nitrogen and oxygen atoms in total. The molecule has 1 aromatic heterocycles. The molecule has 2 heterocycles. The van der Waals surface area contributed by atoms with Crippen LogP contribution in [0, 0.1) is 0 Å². The normalized spacial score (nSPS) is 16.2. The third-order valence-corrected chi connectivity index (χ3v) is 5.06. The number of benzene rings is 2. The number of thioether (sulfide) groups is 1. The fourth-order valence-electron chi connectivity index (χ4n) is 2.72. The van der Waals surface area contributed by atoms with Gasteiger partial charge in [-0.2, -0.15) is 9.78 Å². The highest BCUT2D eigenvalue weighted by molar-refractivity contribution is 8.00. The predicted octanol–water partition coefficient (Wildman–Crippen LogP) is 3.41. The van der Waals surface area contributed by atoms with Gasteiger partial charge in [0, 0.05) is 11.1 Å². The summed E-state index contributed by atoms with van der Waals surface area (Å²) in [5.41, 5.74) is 2.42. The fraction of sp³-hybridized carbons (Fsp3) is 0.167. The lowest BCUT2D eigenvalue weighted by molar-refractivity contribution is 0.415. The topological polar surface area (TPSA) is 72.5 Å². The molecule has 4 rings (SSSR count). The average molecular weight is 352 g/mol. The number of hydrogen-bond acceptors (Lipinski definition) is 6. The van der Waals surface area contributed by atoms with Gasteiger partial charge in [-0.1, -0.05) is 23.9 Å². The Labute approximate surface area is 149 Å². The second kappa shape index (κ2) is 6.25. The molecule has 7 heteroatoms. The molecular formula is C18H16N4O2S. The van der Waals surface area contributed by atoms with Crippen molar-refractivity contribution >= 4 is 17.5 Å². The van der Waals surface area contributed by atoms with Crippen molar-refractivity contribution < 1.29 is 9.84 Å². The minimum Gasteiger partial charge on any atom is -0.507 e. The average Bonchev–Trinajstić information content (AvgIpc) is 3.04. The summed E-state index contributed by atoms with van der Waals surface area (Å²) in [6.07, 6.45) is 0. The van der Waals surface area contributed by atoms with Crippen LogP contribution in [0.3, 0.4) is 0 Å². The van der Waals surface area contributed by atoms with E-state index in [2.05, 4.69) is 10.2 Å². The monoisotopic (exact) mass is 352 g/mol. The molecule has 0 amide bonds. The fourth-order valence-corrected chi connectivity index (χ4v) is 3.63. The lowest BCUT2D eigenvalue weighted by Gasteiger charge is -2.20. The molecule has 126 valence electrons. The van der Waals surface area contributed by atoms with Crippen molar-refractivity contribution in [1.29, 1.82) is 0 Å². The van der Waals surface area contributed by atoms with Crippen LogP contribution in [-0.2, 0) is 0 Å². The zero-order chi connectivity index (χ0) is 17.4. The SMILES string of the molecule is COc1ccc(-c2nnc3n2N=C(c2ccccc2O)[C@H](C)S3)cc1. The number of rotatable bonds is 3. The first-order valence-corrected chi connectivity index (χ1v) is 8.69. The Morgan fingerprint density at radius 1 is 1.08 bits per heavy atom. The van der Waals surface area contributed by atoms with Gasteiger partial charge >= 0.3 is 0 Å². The van der Waals surface area contributed by atoms with Crippen LogP contribution < -0.4 is 4.74 Å². The Hall–Kier alpha value is -2.80. The van der Waals surface area contributed by atoms with E-state index < -0.39 is 0 Å². The molecule has 1 N–H and O–H groups in total. The smallest absolute Gasteiger partial charge is 0.213 e. The number of fused-ring (bicyclic) bond motifs is 1. The lowest BCUT2D eigenvalue weighted by Crippen LogP contribution is -2.21.